The summed E-state index contributed by atoms with van der Waals surface area (Å²) in [6, 6.07) is 9.45. The van der Waals surface area contributed by atoms with Crippen molar-refractivity contribution < 1.29 is 31.5 Å². The van der Waals surface area contributed by atoms with Crippen molar-refractivity contribution in [2.45, 2.75) is 44.1 Å². The number of fused-ring (bicyclic) bond motifs is 3. The average Bonchev–Trinajstić information content (AvgIpc) is 2.85. The lowest BCUT2D eigenvalue weighted by Crippen LogP contribution is -2.55. The van der Waals surface area contributed by atoms with Crippen LogP contribution in [-0.2, 0) is 31.2 Å². The molecule has 2 aromatic carbocycles. The highest BCUT2D eigenvalue weighted by Gasteiger charge is 2.53. The molecule has 0 bridgehead atoms. The summed E-state index contributed by atoms with van der Waals surface area (Å²) in [6.45, 7) is 2.17. The number of sulfone groups is 1. The Morgan fingerprint density at radius 2 is 1.84 bits per heavy atom. The second kappa shape index (κ2) is 11.3. The maximum absolute atomic E-state index is 15.4. The van der Waals surface area contributed by atoms with Gasteiger partial charge in [0.1, 0.15) is 15.7 Å². The molecule has 1 fully saturated rings. The Bertz CT molecular complexity index is 1240. The fraction of sp³-hybridized carbons (Fsp3) is 0.519. The van der Waals surface area contributed by atoms with Crippen molar-refractivity contribution >= 4 is 27.3 Å². The molecule has 37 heavy (non-hydrogen) atoms. The molecule has 0 spiro atoms. The van der Waals surface area contributed by atoms with E-state index in [1.54, 1.807) is 19.2 Å². The molecule has 1 saturated heterocycles. The molecular formula is C27H32ClF2NO5S. The molecule has 3 atom stereocenters. The maximum atomic E-state index is 15.4. The first-order chi connectivity index (χ1) is 17.5. The molecule has 2 aliphatic heterocycles. The second-order valence-electron chi connectivity index (χ2n) is 10.0. The van der Waals surface area contributed by atoms with Gasteiger partial charge in [-0.15, -0.1) is 0 Å². The normalized spacial score (nSPS) is 23.1. The fourth-order valence-electron chi connectivity index (χ4n) is 5.57. The molecule has 4 rings (SSSR count). The molecule has 2 aromatic rings. The minimum absolute atomic E-state index is 0.0445. The van der Waals surface area contributed by atoms with Gasteiger partial charge in [-0.05, 0) is 55.5 Å². The average molecular weight is 556 g/mol. The summed E-state index contributed by atoms with van der Waals surface area (Å²) in [6.07, 6.45) is 0.904. The molecule has 0 aliphatic carbocycles. The molecule has 0 aromatic heterocycles. The van der Waals surface area contributed by atoms with Crippen molar-refractivity contribution in [1.29, 1.82) is 0 Å². The van der Waals surface area contributed by atoms with E-state index in [-0.39, 0.29) is 54.3 Å². The smallest absolute Gasteiger partial charge is 0.219 e. The predicted molar refractivity (Wildman–Crippen MR) is 138 cm³/mol. The van der Waals surface area contributed by atoms with Gasteiger partial charge >= 0.3 is 0 Å². The zero-order chi connectivity index (χ0) is 26.8. The van der Waals surface area contributed by atoms with Gasteiger partial charge in [-0.1, -0.05) is 23.7 Å². The van der Waals surface area contributed by atoms with Gasteiger partial charge in [0.15, 0.2) is 11.6 Å². The minimum Gasteiger partial charge on any atom is -0.490 e. The van der Waals surface area contributed by atoms with Crippen LogP contribution in [0, 0.1) is 17.6 Å². The highest BCUT2D eigenvalue weighted by molar-refractivity contribution is 7.91. The number of halogens is 3. The molecule has 0 unspecified atom stereocenters. The molecule has 10 heteroatoms. The van der Waals surface area contributed by atoms with E-state index in [9.17, 15) is 17.6 Å². The monoisotopic (exact) mass is 555 g/mol. The van der Waals surface area contributed by atoms with Gasteiger partial charge < -0.3 is 14.4 Å². The lowest BCUT2D eigenvalue weighted by atomic mass is 9.60. The number of amides is 1. The number of ether oxygens (including phenoxy) is 2. The Balaban J connectivity index is 1.58. The number of carbonyl (C=O) groups is 1. The van der Waals surface area contributed by atoms with Crippen molar-refractivity contribution in [3.8, 4) is 5.75 Å². The first-order valence-corrected chi connectivity index (χ1v) is 14.6. The third-order valence-electron chi connectivity index (χ3n) is 7.64. The third-order valence-corrected chi connectivity index (χ3v) is 9.66. The predicted octanol–water partition coefficient (Wildman–Crippen LogP) is 4.57. The van der Waals surface area contributed by atoms with Crippen LogP contribution in [0.25, 0.3) is 0 Å². The van der Waals surface area contributed by atoms with E-state index < -0.39 is 33.0 Å². The largest absolute Gasteiger partial charge is 0.490 e. The van der Waals surface area contributed by atoms with Crippen LogP contribution in [0.5, 0.6) is 5.75 Å². The molecule has 2 heterocycles. The summed E-state index contributed by atoms with van der Waals surface area (Å²) in [5.41, 5.74) is 0.278. The van der Waals surface area contributed by atoms with E-state index in [2.05, 4.69) is 0 Å². The standard InChI is InChI=1S/C27H32ClF2NO5S/c1-18(32)31(2)12-3-14-37(33,34)15-10-24-21-17-36-26-23(30)9-8-22(29)25(26)27(21,11-13-35-24)16-19-4-6-20(28)7-5-19/h4-9,21,24H,3,10-17H2,1-2H3/t21-,24-,27-/m0/s1. The van der Waals surface area contributed by atoms with Crippen LogP contribution in [0.2, 0.25) is 5.02 Å². The van der Waals surface area contributed by atoms with Gasteiger partial charge in [-0.3, -0.25) is 4.79 Å². The quantitative estimate of drug-likeness (QED) is 0.453. The summed E-state index contributed by atoms with van der Waals surface area (Å²) in [5.74, 6) is -1.88. The second-order valence-corrected chi connectivity index (χ2v) is 12.7. The van der Waals surface area contributed by atoms with Gasteiger partial charge in [0.05, 0.1) is 24.2 Å². The Morgan fingerprint density at radius 3 is 2.54 bits per heavy atom. The van der Waals surface area contributed by atoms with Crippen LogP contribution in [0.3, 0.4) is 0 Å². The van der Waals surface area contributed by atoms with E-state index in [0.29, 0.717) is 30.8 Å². The Morgan fingerprint density at radius 1 is 1.14 bits per heavy atom. The molecule has 1 amide bonds. The van der Waals surface area contributed by atoms with E-state index in [1.807, 2.05) is 12.1 Å². The number of rotatable bonds is 9. The van der Waals surface area contributed by atoms with E-state index in [4.69, 9.17) is 21.1 Å². The van der Waals surface area contributed by atoms with Crippen molar-refractivity contribution in [2.75, 3.05) is 38.3 Å². The molecule has 0 radical (unpaired) electrons. The molecular weight excluding hydrogens is 524 g/mol. The maximum Gasteiger partial charge on any atom is 0.219 e. The Hall–Kier alpha value is -2.23. The topological polar surface area (TPSA) is 72.9 Å². The molecule has 0 saturated carbocycles. The van der Waals surface area contributed by atoms with Crippen molar-refractivity contribution in [1.82, 2.24) is 4.90 Å². The summed E-state index contributed by atoms with van der Waals surface area (Å²) >= 11 is 6.07. The number of benzene rings is 2. The van der Waals surface area contributed by atoms with Crippen molar-refractivity contribution in [2.24, 2.45) is 5.92 Å². The highest BCUT2D eigenvalue weighted by Crippen LogP contribution is 2.52. The van der Waals surface area contributed by atoms with Crippen molar-refractivity contribution in [3.05, 3.63) is 64.2 Å². The first-order valence-electron chi connectivity index (χ1n) is 12.4. The van der Waals surface area contributed by atoms with Gasteiger partial charge in [0.25, 0.3) is 0 Å². The number of nitrogens with zero attached hydrogens (tertiary/aromatic N) is 1. The van der Waals surface area contributed by atoms with Crippen LogP contribution in [-0.4, -0.2) is 63.6 Å². The van der Waals surface area contributed by atoms with Gasteiger partial charge in [0, 0.05) is 49.0 Å². The SMILES string of the molecule is CC(=O)N(C)CCCS(=O)(=O)CC[C@@H]1OCC[C@@]2(Cc3ccc(Cl)cc3)c3c(F)ccc(F)c3OC[C@@H]12. The summed E-state index contributed by atoms with van der Waals surface area (Å²) in [5, 5.41) is 0.576. The van der Waals surface area contributed by atoms with Crippen LogP contribution in [0.4, 0.5) is 8.78 Å². The van der Waals surface area contributed by atoms with Gasteiger partial charge in [0.2, 0.25) is 5.91 Å². The lowest BCUT2D eigenvalue weighted by Gasteiger charge is -2.51. The van der Waals surface area contributed by atoms with Crippen LogP contribution >= 0.6 is 11.6 Å². The molecule has 0 N–H and O–H groups in total. The zero-order valence-corrected chi connectivity index (χ0v) is 22.6. The molecule has 2 aliphatic rings. The number of hydrogen-bond acceptors (Lipinski definition) is 5. The Labute approximate surface area is 221 Å². The van der Waals surface area contributed by atoms with Crippen molar-refractivity contribution in [3.63, 3.8) is 0 Å². The minimum atomic E-state index is -3.41. The lowest BCUT2D eigenvalue weighted by molar-refractivity contribution is -0.127. The number of hydrogen-bond donors (Lipinski definition) is 0. The molecule has 202 valence electrons. The number of carbonyl (C=O) groups excluding carboxylic acids is 1. The van der Waals surface area contributed by atoms with E-state index in [0.717, 1.165) is 17.7 Å². The van der Waals surface area contributed by atoms with Crippen LogP contribution in [0.1, 0.15) is 37.3 Å². The van der Waals surface area contributed by atoms with Gasteiger partial charge in [-0.2, -0.15) is 0 Å². The highest BCUT2D eigenvalue weighted by atomic mass is 35.5. The third kappa shape index (κ3) is 6.10. The summed E-state index contributed by atoms with van der Waals surface area (Å²) in [7, 11) is -1.77. The summed E-state index contributed by atoms with van der Waals surface area (Å²) in [4.78, 5) is 12.8. The van der Waals surface area contributed by atoms with Crippen LogP contribution < -0.4 is 4.74 Å². The summed E-state index contributed by atoms with van der Waals surface area (Å²) < 4.78 is 67.5. The van der Waals surface area contributed by atoms with E-state index in [1.165, 1.54) is 11.8 Å². The Kier molecular flexibility index (Phi) is 8.45. The van der Waals surface area contributed by atoms with E-state index >= 15 is 4.39 Å². The molecule has 6 nitrogen and oxygen atoms in total. The first kappa shape index (κ1) is 27.8. The fourth-order valence-corrected chi connectivity index (χ4v) is 7.06. The zero-order valence-electron chi connectivity index (χ0n) is 21.0. The van der Waals surface area contributed by atoms with Gasteiger partial charge in [-0.25, -0.2) is 17.2 Å². The van der Waals surface area contributed by atoms with Crippen LogP contribution in [0.15, 0.2) is 36.4 Å².